The van der Waals surface area contributed by atoms with Crippen LogP contribution in [-0.4, -0.2) is 62.9 Å². The van der Waals surface area contributed by atoms with Gasteiger partial charge in [0.1, 0.15) is 28.7 Å². The predicted molar refractivity (Wildman–Crippen MR) is 144 cm³/mol. The number of aliphatic hydroxyl groups is 1. The van der Waals surface area contributed by atoms with Gasteiger partial charge in [0.15, 0.2) is 31.3 Å². The summed E-state index contributed by atoms with van der Waals surface area (Å²) in [5.41, 5.74) is 0.268. The summed E-state index contributed by atoms with van der Waals surface area (Å²) in [5, 5.41) is 19.3. The number of nitrogens with zero attached hydrogens (tertiary/aromatic N) is 3. The maximum atomic E-state index is 13.4. The molecule has 0 radical (unpaired) electrons. The Morgan fingerprint density at radius 3 is 2.26 bits per heavy atom. The molecule has 1 atom stereocenters. The number of hydrogen-bond acceptors (Lipinski definition) is 10. The van der Waals surface area contributed by atoms with Crippen molar-refractivity contribution in [3.8, 4) is 28.8 Å². The topological polar surface area (TPSA) is 151 Å². The lowest BCUT2D eigenvalue weighted by Gasteiger charge is -2.18. The Kier molecular flexibility index (Phi) is 8.07. The van der Waals surface area contributed by atoms with Gasteiger partial charge in [0, 0.05) is 16.8 Å². The third kappa shape index (κ3) is 6.11. The van der Waals surface area contributed by atoms with E-state index in [0.717, 1.165) is 6.26 Å². The number of aliphatic hydroxyl groups excluding tert-OH is 1. The molecule has 0 bridgehead atoms. The molecule has 4 rings (SSSR count). The Hall–Kier alpha value is -3.39. The minimum Gasteiger partial charge on any atom is -0.494 e. The van der Waals surface area contributed by atoms with E-state index in [1.165, 1.54) is 37.0 Å². The second kappa shape index (κ2) is 11.0. The van der Waals surface area contributed by atoms with Crippen LogP contribution in [0, 0.1) is 6.92 Å². The first-order valence-corrected chi connectivity index (χ1v) is 15.5. The highest BCUT2D eigenvalue weighted by Gasteiger charge is 2.29. The summed E-state index contributed by atoms with van der Waals surface area (Å²) in [6.07, 6.45) is -0.703. The molecule has 2 aromatic carbocycles. The van der Waals surface area contributed by atoms with Gasteiger partial charge in [-0.3, -0.25) is 4.57 Å². The van der Waals surface area contributed by atoms with Gasteiger partial charge >= 0.3 is 0 Å². The van der Waals surface area contributed by atoms with Crippen molar-refractivity contribution in [2.45, 2.75) is 23.7 Å². The van der Waals surface area contributed by atoms with Crippen LogP contribution in [-0.2, 0) is 25.4 Å². The largest absolute Gasteiger partial charge is 0.494 e. The van der Waals surface area contributed by atoms with Gasteiger partial charge in [0.25, 0.3) is 0 Å². The van der Waals surface area contributed by atoms with E-state index in [9.17, 15) is 21.9 Å². The smallest absolute Gasteiger partial charge is 0.204 e. The quantitative estimate of drug-likeness (QED) is 0.288. The van der Waals surface area contributed by atoms with E-state index >= 15 is 0 Å². The highest BCUT2D eigenvalue weighted by molar-refractivity contribution is 7.91. The van der Waals surface area contributed by atoms with Gasteiger partial charge in [0.05, 0.1) is 31.0 Å². The van der Waals surface area contributed by atoms with E-state index in [1.54, 1.807) is 37.3 Å². The van der Waals surface area contributed by atoms with Crippen molar-refractivity contribution in [3.05, 3.63) is 70.7 Å². The number of aryl methyl sites for hydroxylation is 1. The molecule has 2 aromatic heterocycles. The zero-order chi connectivity index (χ0) is 28.5. The van der Waals surface area contributed by atoms with E-state index in [4.69, 9.17) is 25.5 Å². The summed E-state index contributed by atoms with van der Waals surface area (Å²) >= 11 is 5.94. The number of para-hydroxylation sites is 1. The van der Waals surface area contributed by atoms with E-state index in [2.05, 4.69) is 10.2 Å². The molecule has 0 aliphatic carbocycles. The lowest BCUT2D eigenvalue weighted by molar-refractivity contribution is 0.198. The Balaban J connectivity index is 1.79. The molecule has 0 spiro atoms. The van der Waals surface area contributed by atoms with Crippen LogP contribution in [0.3, 0.4) is 0 Å². The summed E-state index contributed by atoms with van der Waals surface area (Å²) in [5.74, 6) is 0.404. The van der Waals surface area contributed by atoms with Crippen LogP contribution in [0.2, 0.25) is 5.02 Å². The van der Waals surface area contributed by atoms with Crippen molar-refractivity contribution in [2.75, 3.05) is 26.2 Å². The normalized spacial score (nSPS) is 12.9. The molecule has 208 valence electrons. The van der Waals surface area contributed by atoms with Gasteiger partial charge in [-0.05, 0) is 43.3 Å². The average Bonchev–Trinajstić information content (AvgIpc) is 3.47. The Morgan fingerprint density at radius 2 is 1.69 bits per heavy atom. The molecule has 4 aromatic rings. The second-order valence-electron chi connectivity index (χ2n) is 8.72. The van der Waals surface area contributed by atoms with Gasteiger partial charge in [0.2, 0.25) is 5.82 Å². The number of sulfone groups is 2. The minimum absolute atomic E-state index is 0.00602. The number of furan rings is 1. The van der Waals surface area contributed by atoms with Crippen molar-refractivity contribution in [1.82, 2.24) is 14.8 Å². The number of methoxy groups -OCH3 is 2. The van der Waals surface area contributed by atoms with Gasteiger partial charge in [-0.25, -0.2) is 16.8 Å². The van der Waals surface area contributed by atoms with Crippen molar-refractivity contribution >= 4 is 31.3 Å². The molecule has 0 fully saturated rings. The lowest BCUT2D eigenvalue weighted by Crippen LogP contribution is -2.20. The molecular formula is C25H26ClN3O8S2. The third-order valence-electron chi connectivity index (χ3n) is 5.81. The van der Waals surface area contributed by atoms with Crippen molar-refractivity contribution < 1.29 is 35.8 Å². The first-order chi connectivity index (χ1) is 18.3. The van der Waals surface area contributed by atoms with Crippen LogP contribution in [0.1, 0.15) is 23.3 Å². The fraction of sp³-hybridized carbons (Fsp3) is 0.280. The molecule has 0 aliphatic heterocycles. The van der Waals surface area contributed by atoms with Crippen molar-refractivity contribution in [1.29, 1.82) is 0 Å². The summed E-state index contributed by atoms with van der Waals surface area (Å²) in [6.45, 7) is 1.75. The highest BCUT2D eigenvalue weighted by atomic mass is 35.5. The van der Waals surface area contributed by atoms with Gasteiger partial charge < -0.3 is 19.0 Å². The molecule has 0 aliphatic rings. The summed E-state index contributed by atoms with van der Waals surface area (Å²) in [4.78, 5) is -0.255. The summed E-state index contributed by atoms with van der Waals surface area (Å²) in [7, 11) is -4.99. The summed E-state index contributed by atoms with van der Waals surface area (Å²) < 4.78 is 69.5. The average molecular weight is 596 g/mol. The van der Waals surface area contributed by atoms with Crippen molar-refractivity contribution in [2.24, 2.45) is 0 Å². The van der Waals surface area contributed by atoms with Crippen LogP contribution in [0.5, 0.6) is 11.5 Å². The van der Waals surface area contributed by atoms with Crippen LogP contribution in [0.15, 0.2) is 57.8 Å². The highest BCUT2D eigenvalue weighted by Crippen LogP contribution is 2.37. The maximum absolute atomic E-state index is 13.4. The molecule has 0 amide bonds. The monoisotopic (exact) mass is 595 g/mol. The predicted octanol–water partition coefficient (Wildman–Crippen LogP) is 3.56. The van der Waals surface area contributed by atoms with Crippen LogP contribution < -0.4 is 9.47 Å². The van der Waals surface area contributed by atoms with Gasteiger partial charge in [-0.1, -0.05) is 23.7 Å². The molecule has 11 nitrogen and oxygen atoms in total. The number of halogens is 1. The number of rotatable bonds is 10. The Bertz CT molecular complexity index is 1710. The molecule has 1 N–H and O–H groups in total. The maximum Gasteiger partial charge on any atom is 0.204 e. The second-order valence-corrected chi connectivity index (χ2v) is 13.3. The molecule has 2 heterocycles. The fourth-order valence-electron chi connectivity index (χ4n) is 4.10. The minimum atomic E-state index is -4.10. The number of benzene rings is 2. The van der Waals surface area contributed by atoms with Crippen LogP contribution >= 0.6 is 11.6 Å². The third-order valence-corrected chi connectivity index (χ3v) is 8.72. The number of aromatic nitrogens is 3. The van der Waals surface area contributed by atoms with Crippen molar-refractivity contribution in [3.63, 3.8) is 0 Å². The first kappa shape index (κ1) is 28.6. The molecule has 39 heavy (non-hydrogen) atoms. The SMILES string of the molecule is COc1cccc(OC)c1-n1c(CS(=O)(=O)C[C@H](O)c2ccc(Cl)cc2S(C)(=O)=O)nnc1-c1ccc(C)o1. The van der Waals surface area contributed by atoms with E-state index in [1.807, 2.05) is 0 Å². The fourth-order valence-corrected chi connectivity index (χ4v) is 6.67. The van der Waals surface area contributed by atoms with E-state index < -0.39 is 37.3 Å². The Labute approximate surface area is 230 Å². The lowest BCUT2D eigenvalue weighted by atomic mass is 10.1. The van der Waals surface area contributed by atoms with Gasteiger partial charge in [-0.2, -0.15) is 0 Å². The zero-order valence-corrected chi connectivity index (χ0v) is 23.8. The molecular weight excluding hydrogens is 570 g/mol. The first-order valence-electron chi connectivity index (χ1n) is 11.4. The zero-order valence-electron chi connectivity index (χ0n) is 21.5. The molecule has 14 heteroatoms. The van der Waals surface area contributed by atoms with Gasteiger partial charge in [-0.15, -0.1) is 10.2 Å². The van der Waals surface area contributed by atoms with Crippen LogP contribution in [0.25, 0.3) is 17.3 Å². The molecule has 0 unspecified atom stereocenters. The summed E-state index contributed by atoms with van der Waals surface area (Å²) in [6, 6.07) is 12.3. The standard InChI is InChI=1S/C25H26ClN3O8S2/c1-15-8-11-21(37-15)25-28-27-23(29(25)24-19(35-2)6-5-7-20(24)36-3)14-39(33,34)13-18(30)17-10-9-16(26)12-22(17)38(4,31)32/h5-12,18,30H,13-14H2,1-4H3/t18-/m0/s1. The molecule has 0 saturated carbocycles. The molecule has 0 saturated heterocycles. The van der Waals surface area contributed by atoms with E-state index in [0.29, 0.717) is 28.7 Å². The number of ether oxygens (including phenoxy) is 2. The number of hydrogen-bond donors (Lipinski definition) is 1. The van der Waals surface area contributed by atoms with Crippen LogP contribution in [0.4, 0.5) is 0 Å². The Morgan fingerprint density at radius 1 is 1.03 bits per heavy atom. The van der Waals surface area contributed by atoms with E-state index in [-0.39, 0.29) is 27.1 Å².